The first-order valence-corrected chi connectivity index (χ1v) is 7.10. The molecule has 0 N–H and O–H groups in total. The second kappa shape index (κ2) is 6.55. The van der Waals surface area contributed by atoms with E-state index in [1.165, 1.54) is 70.6 Å². The lowest BCUT2D eigenvalue weighted by molar-refractivity contribution is 0.361. The van der Waals surface area contributed by atoms with Crippen LogP contribution in [-0.4, -0.2) is 0 Å². The van der Waals surface area contributed by atoms with Crippen LogP contribution in [0, 0.1) is 24.7 Å². The third kappa shape index (κ3) is 4.17. The molecule has 2 bridgehead atoms. The Morgan fingerprint density at radius 1 is 0.733 bits per heavy atom. The van der Waals surface area contributed by atoms with Crippen LogP contribution in [0.5, 0.6) is 0 Å². The largest absolute Gasteiger partial charge is 0.0530 e. The molecule has 0 heterocycles. The highest BCUT2D eigenvalue weighted by molar-refractivity contribution is 4.83. The number of rotatable bonds is 0. The van der Waals surface area contributed by atoms with Crippen LogP contribution in [0.4, 0.5) is 0 Å². The monoisotopic (exact) mass is 206 g/mol. The van der Waals surface area contributed by atoms with Gasteiger partial charge < -0.3 is 0 Å². The summed E-state index contributed by atoms with van der Waals surface area (Å²) in [5.41, 5.74) is 0. The molecule has 3 fully saturated rings. The van der Waals surface area contributed by atoms with Gasteiger partial charge in [0.25, 0.3) is 0 Å². The van der Waals surface area contributed by atoms with Gasteiger partial charge in [0.15, 0.2) is 0 Å². The van der Waals surface area contributed by atoms with Crippen LogP contribution in [0.2, 0.25) is 0 Å². The highest BCUT2D eigenvalue weighted by Crippen LogP contribution is 2.30. The predicted octanol–water partition coefficient (Wildman–Crippen LogP) is 4.95. The molecule has 3 saturated carbocycles. The first-order chi connectivity index (χ1) is 7.45. The summed E-state index contributed by atoms with van der Waals surface area (Å²) in [4.78, 5) is 0. The third-order valence-corrected chi connectivity index (χ3v) is 4.25. The van der Waals surface area contributed by atoms with E-state index in [9.17, 15) is 0 Å². The zero-order chi connectivity index (χ0) is 10.3. The van der Waals surface area contributed by atoms with Gasteiger partial charge in [-0.25, -0.2) is 0 Å². The summed E-state index contributed by atoms with van der Waals surface area (Å²) in [5, 5.41) is 0. The molecule has 0 amide bonds. The van der Waals surface area contributed by atoms with E-state index in [4.69, 9.17) is 0 Å². The van der Waals surface area contributed by atoms with E-state index in [2.05, 4.69) is 12.8 Å². The number of fused-ring (bicyclic) bond motifs is 10. The second-order valence-electron chi connectivity index (χ2n) is 5.53. The Labute approximate surface area is 95.8 Å². The molecular weight excluding hydrogens is 180 g/mol. The molecule has 0 nitrogen and oxygen atoms in total. The van der Waals surface area contributed by atoms with Crippen molar-refractivity contribution in [3.8, 4) is 0 Å². The lowest BCUT2D eigenvalue weighted by atomic mass is 9.86. The maximum Gasteiger partial charge on any atom is -0.0355 e. The zero-order valence-corrected chi connectivity index (χ0v) is 10.1. The topological polar surface area (TPSA) is 0 Å². The predicted molar refractivity (Wildman–Crippen MR) is 66.4 cm³/mol. The van der Waals surface area contributed by atoms with Crippen molar-refractivity contribution in [1.29, 1.82) is 0 Å². The van der Waals surface area contributed by atoms with Crippen molar-refractivity contribution in [3.05, 3.63) is 12.8 Å². The number of hydrogen-bond donors (Lipinski definition) is 0. The third-order valence-electron chi connectivity index (χ3n) is 4.25. The summed E-state index contributed by atoms with van der Waals surface area (Å²) in [6, 6.07) is 0. The van der Waals surface area contributed by atoms with Crippen molar-refractivity contribution in [1.82, 2.24) is 0 Å². The fourth-order valence-electron chi connectivity index (χ4n) is 3.24. The molecule has 86 valence electrons. The SMILES string of the molecule is [CH]1CC[CH]C2CCCCC(C1)CCCC2. The maximum absolute atomic E-state index is 2.63. The Balaban J connectivity index is 1.93. The molecule has 0 aliphatic heterocycles. The van der Waals surface area contributed by atoms with E-state index in [1.807, 2.05) is 0 Å². The zero-order valence-electron chi connectivity index (χ0n) is 10.1. The minimum Gasteiger partial charge on any atom is -0.0530 e. The quantitative estimate of drug-likeness (QED) is 0.526. The van der Waals surface area contributed by atoms with Gasteiger partial charge in [0, 0.05) is 0 Å². The summed E-state index contributed by atoms with van der Waals surface area (Å²) >= 11 is 0. The average molecular weight is 206 g/mol. The molecule has 0 aromatic rings. The molecule has 0 heteroatoms. The maximum atomic E-state index is 2.63. The number of hydrogen-bond acceptors (Lipinski definition) is 0. The van der Waals surface area contributed by atoms with Crippen molar-refractivity contribution in [2.24, 2.45) is 11.8 Å². The van der Waals surface area contributed by atoms with Gasteiger partial charge in [0.05, 0.1) is 0 Å². The Morgan fingerprint density at radius 3 is 2.13 bits per heavy atom. The van der Waals surface area contributed by atoms with Crippen LogP contribution < -0.4 is 0 Å². The summed E-state index contributed by atoms with van der Waals surface area (Å²) in [5.74, 6) is 1.98. The minimum absolute atomic E-state index is 0.952. The smallest absolute Gasteiger partial charge is 0.0355 e. The van der Waals surface area contributed by atoms with Crippen molar-refractivity contribution >= 4 is 0 Å². The van der Waals surface area contributed by atoms with Gasteiger partial charge in [-0.2, -0.15) is 0 Å². The molecule has 3 aliphatic rings. The van der Waals surface area contributed by atoms with Crippen LogP contribution in [-0.2, 0) is 0 Å². The molecule has 0 atom stereocenters. The van der Waals surface area contributed by atoms with Crippen molar-refractivity contribution in [3.63, 3.8) is 0 Å². The van der Waals surface area contributed by atoms with E-state index in [-0.39, 0.29) is 0 Å². The van der Waals surface area contributed by atoms with E-state index in [0.717, 1.165) is 11.8 Å². The van der Waals surface area contributed by atoms with Crippen LogP contribution >= 0.6 is 0 Å². The Bertz CT molecular complexity index is 126. The van der Waals surface area contributed by atoms with Gasteiger partial charge in [-0.15, -0.1) is 0 Å². The standard InChI is InChI=1S/C15H26/c1-2-8-14-10-4-6-12-15(9-3-1)13-7-5-11-14/h2,9,14-15H,1,3-8,10-13H2. The van der Waals surface area contributed by atoms with Gasteiger partial charge in [0.1, 0.15) is 0 Å². The van der Waals surface area contributed by atoms with Crippen molar-refractivity contribution < 1.29 is 0 Å². The first-order valence-electron chi connectivity index (χ1n) is 7.10. The lowest BCUT2D eigenvalue weighted by Gasteiger charge is -2.20. The molecule has 0 aromatic carbocycles. The molecule has 2 radical (unpaired) electrons. The highest BCUT2D eigenvalue weighted by atomic mass is 14.2. The van der Waals surface area contributed by atoms with Crippen LogP contribution in [0.1, 0.15) is 70.6 Å². The van der Waals surface area contributed by atoms with E-state index < -0.39 is 0 Å². The molecule has 3 aliphatic carbocycles. The normalized spacial score (nSPS) is 35.2. The van der Waals surface area contributed by atoms with Gasteiger partial charge >= 0.3 is 0 Å². The van der Waals surface area contributed by atoms with Crippen LogP contribution in [0.25, 0.3) is 0 Å². The molecule has 15 heavy (non-hydrogen) atoms. The lowest BCUT2D eigenvalue weighted by Crippen LogP contribution is -2.05. The van der Waals surface area contributed by atoms with Gasteiger partial charge in [-0.1, -0.05) is 51.4 Å². The molecule has 0 aromatic heterocycles. The van der Waals surface area contributed by atoms with Gasteiger partial charge in [0.2, 0.25) is 0 Å². The van der Waals surface area contributed by atoms with Crippen LogP contribution in [0.3, 0.4) is 0 Å². The fourth-order valence-corrected chi connectivity index (χ4v) is 3.24. The summed E-state index contributed by atoms with van der Waals surface area (Å²) < 4.78 is 0. The summed E-state index contributed by atoms with van der Waals surface area (Å²) in [7, 11) is 0. The Morgan fingerprint density at radius 2 is 1.40 bits per heavy atom. The molecule has 0 unspecified atom stereocenters. The summed E-state index contributed by atoms with van der Waals surface area (Å²) in [6.07, 6.45) is 21.2. The molecular formula is C15H26. The van der Waals surface area contributed by atoms with Crippen LogP contribution in [0.15, 0.2) is 0 Å². The van der Waals surface area contributed by atoms with E-state index >= 15 is 0 Å². The second-order valence-corrected chi connectivity index (χ2v) is 5.53. The van der Waals surface area contributed by atoms with Crippen molar-refractivity contribution in [2.45, 2.75) is 70.6 Å². The fraction of sp³-hybridized carbons (Fsp3) is 0.867. The molecule has 0 spiro atoms. The van der Waals surface area contributed by atoms with Gasteiger partial charge in [-0.3, -0.25) is 0 Å². The van der Waals surface area contributed by atoms with E-state index in [1.54, 1.807) is 0 Å². The van der Waals surface area contributed by atoms with Gasteiger partial charge in [-0.05, 0) is 43.9 Å². The molecule has 3 rings (SSSR count). The van der Waals surface area contributed by atoms with Crippen molar-refractivity contribution in [2.75, 3.05) is 0 Å². The first kappa shape index (κ1) is 11.5. The summed E-state index contributed by atoms with van der Waals surface area (Å²) in [6.45, 7) is 0. The average Bonchev–Trinajstić information content (AvgIpc) is 2.34. The Hall–Kier alpha value is 0. The highest BCUT2D eigenvalue weighted by Gasteiger charge is 2.16. The van der Waals surface area contributed by atoms with E-state index in [0.29, 0.717) is 0 Å². The minimum atomic E-state index is 0.952. The Kier molecular flexibility index (Phi) is 5.02. The molecule has 0 saturated heterocycles.